The lowest BCUT2D eigenvalue weighted by Crippen LogP contribution is -2.32. The lowest BCUT2D eigenvalue weighted by atomic mass is 10.1. The van der Waals surface area contributed by atoms with Crippen molar-refractivity contribution in [2.45, 2.75) is 12.6 Å². The van der Waals surface area contributed by atoms with E-state index in [0.717, 1.165) is 22.4 Å². The maximum atomic E-state index is 13.2. The average Bonchev–Trinajstić information content (AvgIpc) is 2.67. The van der Waals surface area contributed by atoms with Crippen molar-refractivity contribution in [1.29, 1.82) is 0 Å². The lowest BCUT2D eigenvalue weighted by molar-refractivity contribution is 0.0744. The van der Waals surface area contributed by atoms with Crippen molar-refractivity contribution < 1.29 is 14.2 Å². The third-order valence-corrected chi connectivity index (χ3v) is 4.27. The Kier molecular flexibility index (Phi) is 6.58. The molecule has 3 aromatic carbocycles. The van der Waals surface area contributed by atoms with Crippen molar-refractivity contribution >= 4 is 0 Å². The van der Waals surface area contributed by atoms with E-state index in [2.05, 4.69) is 12.1 Å². The van der Waals surface area contributed by atoms with Gasteiger partial charge in [0.15, 0.2) is 0 Å². The van der Waals surface area contributed by atoms with Gasteiger partial charge in [-0.3, -0.25) is 4.90 Å². The van der Waals surface area contributed by atoms with Gasteiger partial charge in [-0.2, -0.15) is 0 Å². The Hall–Kier alpha value is -2.69. The number of aliphatic hydroxyl groups excluding tert-OH is 1. The van der Waals surface area contributed by atoms with Gasteiger partial charge in [0.25, 0.3) is 0 Å². The standard InChI is InChI=1S/C23H24FNO2/c1-25(15-18-6-5-9-21(24)14-18)16-22(26)17-27-23-12-10-20(11-13-23)19-7-3-2-4-8-19/h2-14,22,26H,15-17H2,1H3. The van der Waals surface area contributed by atoms with Crippen molar-refractivity contribution in [1.82, 2.24) is 4.90 Å². The van der Waals surface area contributed by atoms with Gasteiger partial charge in [0.1, 0.15) is 24.3 Å². The molecule has 0 aliphatic rings. The first-order valence-corrected chi connectivity index (χ1v) is 8.99. The molecule has 0 saturated heterocycles. The van der Waals surface area contributed by atoms with Gasteiger partial charge in [0.2, 0.25) is 0 Å². The van der Waals surface area contributed by atoms with E-state index < -0.39 is 6.10 Å². The minimum Gasteiger partial charge on any atom is -0.491 e. The third kappa shape index (κ3) is 5.91. The summed E-state index contributed by atoms with van der Waals surface area (Å²) in [5.74, 6) is 0.477. The van der Waals surface area contributed by atoms with Crippen molar-refractivity contribution in [3.8, 4) is 16.9 Å². The van der Waals surface area contributed by atoms with Crippen LogP contribution in [0.2, 0.25) is 0 Å². The molecule has 0 fully saturated rings. The summed E-state index contributed by atoms with van der Waals surface area (Å²) in [7, 11) is 1.89. The van der Waals surface area contributed by atoms with Crippen LogP contribution >= 0.6 is 0 Å². The second kappa shape index (κ2) is 9.31. The van der Waals surface area contributed by atoms with Gasteiger partial charge in [-0.1, -0.05) is 54.6 Å². The smallest absolute Gasteiger partial charge is 0.123 e. The van der Waals surface area contributed by atoms with E-state index in [-0.39, 0.29) is 12.4 Å². The fourth-order valence-electron chi connectivity index (χ4n) is 2.99. The van der Waals surface area contributed by atoms with Gasteiger partial charge < -0.3 is 9.84 Å². The molecule has 0 heterocycles. The maximum Gasteiger partial charge on any atom is 0.123 e. The highest BCUT2D eigenvalue weighted by atomic mass is 19.1. The quantitative estimate of drug-likeness (QED) is 0.644. The molecule has 3 aromatic rings. The number of hydrogen-bond donors (Lipinski definition) is 1. The van der Waals surface area contributed by atoms with Crippen LogP contribution < -0.4 is 4.74 Å². The number of likely N-dealkylation sites (N-methyl/N-ethyl adjacent to an activating group) is 1. The first-order chi connectivity index (χ1) is 13.1. The number of nitrogens with zero attached hydrogens (tertiary/aromatic N) is 1. The molecule has 0 amide bonds. The molecule has 0 saturated carbocycles. The maximum absolute atomic E-state index is 13.2. The zero-order valence-electron chi connectivity index (χ0n) is 15.4. The molecule has 3 rings (SSSR count). The molecule has 1 unspecified atom stereocenters. The van der Waals surface area contributed by atoms with Crippen molar-refractivity contribution in [2.75, 3.05) is 20.2 Å². The average molecular weight is 365 g/mol. The zero-order valence-corrected chi connectivity index (χ0v) is 15.4. The van der Waals surface area contributed by atoms with E-state index in [1.165, 1.54) is 12.1 Å². The van der Waals surface area contributed by atoms with E-state index >= 15 is 0 Å². The highest BCUT2D eigenvalue weighted by Crippen LogP contribution is 2.22. The van der Waals surface area contributed by atoms with Crippen molar-refractivity contribution in [3.63, 3.8) is 0 Å². The second-order valence-electron chi connectivity index (χ2n) is 6.68. The van der Waals surface area contributed by atoms with E-state index in [0.29, 0.717) is 13.1 Å². The first-order valence-electron chi connectivity index (χ1n) is 8.99. The summed E-state index contributed by atoms with van der Waals surface area (Å²) in [5, 5.41) is 10.2. The van der Waals surface area contributed by atoms with Crippen LogP contribution in [0, 0.1) is 5.82 Å². The molecule has 0 aromatic heterocycles. The molecule has 0 aliphatic carbocycles. The highest BCUT2D eigenvalue weighted by molar-refractivity contribution is 5.63. The Morgan fingerprint density at radius 2 is 1.63 bits per heavy atom. The van der Waals surface area contributed by atoms with Gasteiger partial charge in [0.05, 0.1) is 0 Å². The number of rotatable bonds is 8. The number of benzene rings is 3. The minimum absolute atomic E-state index is 0.207. The van der Waals surface area contributed by atoms with Crippen LogP contribution in [0.5, 0.6) is 5.75 Å². The lowest BCUT2D eigenvalue weighted by Gasteiger charge is -2.21. The number of aliphatic hydroxyl groups is 1. The van der Waals surface area contributed by atoms with Crippen LogP contribution in [0.3, 0.4) is 0 Å². The fraction of sp³-hybridized carbons (Fsp3) is 0.217. The molecule has 1 N–H and O–H groups in total. The minimum atomic E-state index is -0.627. The summed E-state index contributed by atoms with van der Waals surface area (Å²) < 4.78 is 18.9. The monoisotopic (exact) mass is 365 g/mol. The van der Waals surface area contributed by atoms with E-state index in [4.69, 9.17) is 4.74 Å². The Morgan fingerprint density at radius 1 is 0.926 bits per heavy atom. The Balaban J connectivity index is 1.46. The summed E-state index contributed by atoms with van der Waals surface area (Å²) >= 11 is 0. The van der Waals surface area contributed by atoms with Crippen LogP contribution in [-0.2, 0) is 6.54 Å². The molecular weight excluding hydrogens is 341 g/mol. The van der Waals surface area contributed by atoms with Gasteiger partial charge in [-0.25, -0.2) is 4.39 Å². The van der Waals surface area contributed by atoms with Crippen molar-refractivity contribution in [3.05, 3.63) is 90.2 Å². The second-order valence-corrected chi connectivity index (χ2v) is 6.68. The van der Waals surface area contributed by atoms with Gasteiger partial charge in [-0.15, -0.1) is 0 Å². The molecule has 1 atom stereocenters. The normalized spacial score (nSPS) is 12.1. The molecule has 27 heavy (non-hydrogen) atoms. The van der Waals surface area contributed by atoms with Crippen LogP contribution in [-0.4, -0.2) is 36.3 Å². The molecule has 3 nitrogen and oxygen atoms in total. The predicted octanol–water partition coefficient (Wildman–Crippen LogP) is 4.36. The zero-order chi connectivity index (χ0) is 19.1. The SMILES string of the molecule is CN(Cc1cccc(F)c1)CC(O)COc1ccc(-c2ccccc2)cc1. The number of halogens is 1. The molecule has 140 valence electrons. The topological polar surface area (TPSA) is 32.7 Å². The number of ether oxygens (including phenoxy) is 1. The predicted molar refractivity (Wildman–Crippen MR) is 106 cm³/mol. The van der Waals surface area contributed by atoms with Crippen molar-refractivity contribution in [2.24, 2.45) is 0 Å². The summed E-state index contributed by atoms with van der Waals surface area (Å²) in [6, 6.07) is 24.5. The van der Waals surface area contributed by atoms with Crippen LogP contribution in [0.15, 0.2) is 78.9 Å². The summed E-state index contributed by atoms with van der Waals surface area (Å²) in [4.78, 5) is 1.95. The third-order valence-electron chi connectivity index (χ3n) is 4.27. The Labute approximate surface area is 159 Å². The highest BCUT2D eigenvalue weighted by Gasteiger charge is 2.10. The summed E-state index contributed by atoms with van der Waals surface area (Å²) in [6.45, 7) is 1.22. The van der Waals surface area contributed by atoms with Crippen LogP contribution in [0.25, 0.3) is 11.1 Å². The fourth-order valence-corrected chi connectivity index (χ4v) is 2.99. The van der Waals surface area contributed by atoms with Gasteiger partial charge >= 0.3 is 0 Å². The largest absolute Gasteiger partial charge is 0.491 e. The summed E-state index contributed by atoms with van der Waals surface area (Å²) in [6.07, 6.45) is -0.627. The van der Waals surface area contributed by atoms with E-state index in [9.17, 15) is 9.50 Å². The summed E-state index contributed by atoms with van der Waals surface area (Å²) in [5.41, 5.74) is 3.16. The van der Waals surface area contributed by atoms with Gasteiger partial charge in [0, 0.05) is 13.1 Å². The molecule has 0 bridgehead atoms. The van der Waals surface area contributed by atoms with Gasteiger partial charge in [-0.05, 0) is 48.0 Å². The molecule has 4 heteroatoms. The molecule has 0 aliphatic heterocycles. The molecule has 0 spiro atoms. The molecular formula is C23H24FNO2. The molecule has 0 radical (unpaired) electrons. The number of hydrogen-bond acceptors (Lipinski definition) is 3. The van der Waals surface area contributed by atoms with E-state index in [1.54, 1.807) is 6.07 Å². The first kappa shape index (κ1) is 19.1. The Bertz CT molecular complexity index is 837. The van der Waals surface area contributed by atoms with Crippen LogP contribution in [0.1, 0.15) is 5.56 Å². The van der Waals surface area contributed by atoms with Crippen LogP contribution in [0.4, 0.5) is 4.39 Å². The Morgan fingerprint density at radius 3 is 2.33 bits per heavy atom. The van der Waals surface area contributed by atoms with E-state index in [1.807, 2.05) is 60.5 Å².